The van der Waals surface area contributed by atoms with E-state index in [1.54, 1.807) is 7.05 Å². The van der Waals surface area contributed by atoms with E-state index < -0.39 is 0 Å². The third-order valence-corrected chi connectivity index (χ3v) is 1.18. The van der Waals surface area contributed by atoms with Crippen molar-refractivity contribution in [3.63, 3.8) is 0 Å². The second-order valence-electron chi connectivity index (χ2n) is 2.25. The highest BCUT2D eigenvalue weighted by molar-refractivity contribution is 5.75. The van der Waals surface area contributed by atoms with Gasteiger partial charge in [-0.3, -0.25) is 10.2 Å². The molecule has 0 aliphatic heterocycles. The van der Waals surface area contributed by atoms with Crippen molar-refractivity contribution in [1.29, 1.82) is 5.41 Å². The number of rotatable bonds is 4. The summed E-state index contributed by atoms with van der Waals surface area (Å²) in [5.74, 6) is 0.0107. The molecule has 0 aromatic rings. The van der Waals surface area contributed by atoms with Gasteiger partial charge in [0, 0.05) is 20.5 Å². The zero-order valence-corrected chi connectivity index (χ0v) is 7.44. The van der Waals surface area contributed by atoms with Gasteiger partial charge in [0.25, 0.3) is 0 Å². The highest BCUT2D eigenvalue weighted by Crippen LogP contribution is 1.81. The molecule has 0 aliphatic carbocycles. The molecule has 0 aliphatic rings. The molecule has 0 saturated carbocycles. The molecule has 0 amide bonds. The van der Waals surface area contributed by atoms with Crippen molar-refractivity contribution in [3.05, 3.63) is 0 Å². The molecule has 0 spiro atoms. The van der Waals surface area contributed by atoms with Crippen LogP contribution in [0, 0.1) is 5.41 Å². The Morgan fingerprint density at radius 3 is 2.75 bits per heavy atom. The summed E-state index contributed by atoms with van der Waals surface area (Å²) in [6.07, 6.45) is 0.712. The largest absolute Gasteiger partial charge is 0.466 e. The molecular formula is C7H15N3O2. The third-order valence-electron chi connectivity index (χ3n) is 1.18. The van der Waals surface area contributed by atoms with E-state index in [0.29, 0.717) is 19.6 Å². The zero-order chi connectivity index (χ0) is 9.40. The molecule has 0 radical (unpaired) electrons. The van der Waals surface area contributed by atoms with Gasteiger partial charge in [-0.25, -0.2) is 0 Å². The molecule has 3 N–H and O–H groups in total. The average Bonchev–Trinajstić information content (AvgIpc) is 2.03. The third kappa shape index (κ3) is 6.85. The van der Waals surface area contributed by atoms with Gasteiger partial charge >= 0.3 is 5.97 Å². The first-order valence-electron chi connectivity index (χ1n) is 3.80. The van der Waals surface area contributed by atoms with Gasteiger partial charge in [-0.05, 0) is 6.42 Å². The van der Waals surface area contributed by atoms with Crippen molar-refractivity contribution >= 4 is 11.9 Å². The first-order valence-corrected chi connectivity index (χ1v) is 3.80. The molecule has 0 unspecified atom stereocenters. The van der Waals surface area contributed by atoms with Crippen LogP contribution in [0.4, 0.5) is 0 Å². The number of carbonyl (C=O) groups is 1. The van der Waals surface area contributed by atoms with Crippen molar-refractivity contribution in [3.8, 4) is 0 Å². The molecule has 0 fully saturated rings. The summed E-state index contributed by atoms with van der Waals surface area (Å²) < 4.78 is 4.69. The SMILES string of the molecule is CNC(=N)NCCCOC(C)=O. The number of guanidine groups is 1. The summed E-state index contributed by atoms with van der Waals surface area (Å²) in [5, 5.41) is 12.5. The lowest BCUT2D eigenvalue weighted by molar-refractivity contribution is -0.140. The van der Waals surface area contributed by atoms with E-state index in [0.717, 1.165) is 0 Å². The summed E-state index contributed by atoms with van der Waals surface area (Å²) >= 11 is 0. The van der Waals surface area contributed by atoms with E-state index in [4.69, 9.17) is 5.41 Å². The van der Waals surface area contributed by atoms with E-state index in [9.17, 15) is 4.79 Å². The van der Waals surface area contributed by atoms with Crippen LogP contribution in [0.1, 0.15) is 13.3 Å². The normalized spacial score (nSPS) is 8.83. The second kappa shape index (κ2) is 6.45. The van der Waals surface area contributed by atoms with Crippen molar-refractivity contribution < 1.29 is 9.53 Å². The van der Waals surface area contributed by atoms with Crippen molar-refractivity contribution in [2.24, 2.45) is 0 Å². The lowest BCUT2D eigenvalue weighted by Crippen LogP contribution is -2.34. The van der Waals surface area contributed by atoms with Crippen LogP contribution in [-0.2, 0) is 9.53 Å². The molecule has 12 heavy (non-hydrogen) atoms. The lowest BCUT2D eigenvalue weighted by atomic mass is 10.4. The topological polar surface area (TPSA) is 74.2 Å². The Labute approximate surface area is 72.0 Å². The monoisotopic (exact) mass is 173 g/mol. The Kier molecular flexibility index (Phi) is 5.77. The molecule has 0 aromatic carbocycles. The van der Waals surface area contributed by atoms with Crippen LogP contribution in [0.15, 0.2) is 0 Å². The highest BCUT2D eigenvalue weighted by Gasteiger charge is 1.93. The average molecular weight is 173 g/mol. The summed E-state index contributed by atoms with van der Waals surface area (Å²) in [6.45, 7) is 2.41. The van der Waals surface area contributed by atoms with E-state index in [1.165, 1.54) is 6.92 Å². The van der Waals surface area contributed by atoms with Gasteiger partial charge < -0.3 is 15.4 Å². The van der Waals surface area contributed by atoms with Crippen LogP contribution in [0.5, 0.6) is 0 Å². The van der Waals surface area contributed by atoms with E-state index in [1.807, 2.05) is 0 Å². The van der Waals surface area contributed by atoms with Gasteiger partial charge in [0.05, 0.1) is 6.61 Å². The maximum absolute atomic E-state index is 10.3. The van der Waals surface area contributed by atoms with Crippen molar-refractivity contribution in [1.82, 2.24) is 10.6 Å². The summed E-state index contributed by atoms with van der Waals surface area (Å²) in [6, 6.07) is 0. The van der Waals surface area contributed by atoms with Gasteiger partial charge in [0.15, 0.2) is 5.96 Å². The van der Waals surface area contributed by atoms with Crippen LogP contribution in [0.2, 0.25) is 0 Å². The quantitative estimate of drug-likeness (QED) is 0.236. The molecule has 0 bridgehead atoms. The minimum Gasteiger partial charge on any atom is -0.466 e. The molecule has 0 atom stereocenters. The Balaban J connectivity index is 3.11. The summed E-state index contributed by atoms with van der Waals surface area (Å²) in [5.41, 5.74) is 0. The number of hydrogen-bond donors (Lipinski definition) is 3. The lowest BCUT2D eigenvalue weighted by Gasteiger charge is -2.06. The highest BCUT2D eigenvalue weighted by atomic mass is 16.5. The van der Waals surface area contributed by atoms with Crippen LogP contribution in [-0.4, -0.2) is 32.1 Å². The van der Waals surface area contributed by atoms with E-state index in [2.05, 4.69) is 15.4 Å². The second-order valence-corrected chi connectivity index (χ2v) is 2.25. The van der Waals surface area contributed by atoms with Crippen LogP contribution in [0.3, 0.4) is 0 Å². The number of hydrogen-bond acceptors (Lipinski definition) is 3. The predicted molar refractivity (Wildman–Crippen MR) is 46.0 cm³/mol. The van der Waals surface area contributed by atoms with Gasteiger partial charge in [0.1, 0.15) is 0 Å². The van der Waals surface area contributed by atoms with Crippen LogP contribution < -0.4 is 10.6 Å². The number of esters is 1. The molecule has 0 saturated heterocycles. The smallest absolute Gasteiger partial charge is 0.302 e. The Morgan fingerprint density at radius 1 is 1.58 bits per heavy atom. The molecule has 70 valence electrons. The zero-order valence-electron chi connectivity index (χ0n) is 7.44. The molecule has 5 heteroatoms. The standard InChI is InChI=1S/C7H15N3O2/c1-6(11)12-5-3-4-10-7(8)9-2/h3-5H2,1-2H3,(H3,8,9,10). The fourth-order valence-corrected chi connectivity index (χ4v) is 0.590. The summed E-state index contributed by atoms with van der Waals surface area (Å²) in [7, 11) is 1.67. The van der Waals surface area contributed by atoms with E-state index >= 15 is 0 Å². The Bertz CT molecular complexity index is 159. The minimum absolute atomic E-state index is 0.265. The predicted octanol–water partition coefficient (Wildman–Crippen LogP) is -0.317. The molecule has 0 heterocycles. The summed E-state index contributed by atoms with van der Waals surface area (Å²) in [4.78, 5) is 10.3. The Hall–Kier alpha value is -1.26. The van der Waals surface area contributed by atoms with Crippen LogP contribution >= 0.6 is 0 Å². The van der Waals surface area contributed by atoms with E-state index in [-0.39, 0.29) is 11.9 Å². The molecule has 0 aromatic heterocycles. The number of nitrogens with one attached hydrogen (secondary N) is 3. The number of carbonyl (C=O) groups excluding carboxylic acids is 1. The Morgan fingerprint density at radius 2 is 2.25 bits per heavy atom. The molecular weight excluding hydrogens is 158 g/mol. The van der Waals surface area contributed by atoms with Gasteiger partial charge in [-0.1, -0.05) is 0 Å². The first-order chi connectivity index (χ1) is 5.66. The van der Waals surface area contributed by atoms with Gasteiger partial charge in [0.2, 0.25) is 0 Å². The number of ether oxygens (including phenoxy) is 1. The minimum atomic E-state index is -0.265. The fourth-order valence-electron chi connectivity index (χ4n) is 0.590. The molecule has 0 rings (SSSR count). The van der Waals surface area contributed by atoms with Crippen LogP contribution in [0.25, 0.3) is 0 Å². The van der Waals surface area contributed by atoms with Gasteiger partial charge in [-0.2, -0.15) is 0 Å². The fraction of sp³-hybridized carbons (Fsp3) is 0.714. The van der Waals surface area contributed by atoms with Crippen molar-refractivity contribution in [2.45, 2.75) is 13.3 Å². The van der Waals surface area contributed by atoms with Crippen molar-refractivity contribution in [2.75, 3.05) is 20.2 Å². The van der Waals surface area contributed by atoms with Gasteiger partial charge in [-0.15, -0.1) is 0 Å². The maximum atomic E-state index is 10.3. The molecule has 5 nitrogen and oxygen atoms in total. The first kappa shape index (κ1) is 10.7. The maximum Gasteiger partial charge on any atom is 0.302 e.